The number of halogens is 2. The van der Waals surface area contributed by atoms with Crippen molar-refractivity contribution in [2.45, 2.75) is 0 Å². The highest BCUT2D eigenvalue weighted by Crippen LogP contribution is 2.17. The molecule has 0 aliphatic heterocycles. The normalized spacial score (nSPS) is 10.6. The van der Waals surface area contributed by atoms with E-state index >= 15 is 0 Å². The van der Waals surface area contributed by atoms with E-state index < -0.39 is 5.91 Å². The van der Waals surface area contributed by atoms with E-state index in [0.717, 1.165) is 0 Å². The third kappa shape index (κ3) is 3.05. The smallest absolute Gasteiger partial charge is 0.241 e. The zero-order valence-electron chi connectivity index (χ0n) is 6.50. The Morgan fingerprint density at radius 3 is 2.69 bits per heavy atom. The van der Waals surface area contributed by atoms with Gasteiger partial charge in [-0.05, 0) is 18.2 Å². The van der Waals surface area contributed by atoms with Gasteiger partial charge in [-0.3, -0.25) is 4.79 Å². The van der Waals surface area contributed by atoms with Gasteiger partial charge in [-0.2, -0.15) is 0 Å². The fraction of sp³-hybridized carbons (Fsp3) is 0. The molecule has 1 aromatic rings. The Morgan fingerprint density at radius 2 is 2.15 bits per heavy atom. The maximum Gasteiger partial charge on any atom is 0.241 e. The Labute approximate surface area is 85.2 Å². The lowest BCUT2D eigenvalue weighted by molar-refractivity contribution is -0.113. The topological polar surface area (TPSA) is 56.0 Å². The Balaban J connectivity index is 2.96. The summed E-state index contributed by atoms with van der Waals surface area (Å²) in [7, 11) is 0. The second-order valence-electron chi connectivity index (χ2n) is 2.25. The molecule has 0 aromatic carbocycles. The lowest BCUT2D eigenvalue weighted by Crippen LogP contribution is -2.05. The number of carbonyl (C=O) groups is 1. The summed E-state index contributed by atoms with van der Waals surface area (Å²) in [5.41, 5.74) is 5.51. The molecule has 0 fully saturated rings. The summed E-state index contributed by atoms with van der Waals surface area (Å²) in [5, 5.41) is 0.547. The molecule has 2 N–H and O–H groups in total. The van der Waals surface area contributed by atoms with Gasteiger partial charge in [-0.15, -0.1) is 0 Å². The molecular weight excluding hydrogens is 211 g/mol. The van der Waals surface area contributed by atoms with Gasteiger partial charge in [0.1, 0.15) is 10.3 Å². The summed E-state index contributed by atoms with van der Waals surface area (Å²) >= 11 is 11.3. The van der Waals surface area contributed by atoms with Crippen LogP contribution in [-0.4, -0.2) is 10.9 Å². The first-order chi connectivity index (χ1) is 6.09. The number of hydrogen-bond donors (Lipinski definition) is 1. The number of nitrogens with two attached hydrogens (primary N) is 1. The van der Waals surface area contributed by atoms with Crippen LogP contribution in [0.1, 0.15) is 5.56 Å². The fourth-order valence-electron chi connectivity index (χ4n) is 0.719. The minimum Gasteiger partial charge on any atom is -0.366 e. The van der Waals surface area contributed by atoms with E-state index in [4.69, 9.17) is 28.9 Å². The van der Waals surface area contributed by atoms with E-state index in [9.17, 15) is 4.79 Å². The quantitative estimate of drug-likeness (QED) is 0.607. The van der Waals surface area contributed by atoms with E-state index in [1.165, 1.54) is 12.2 Å². The van der Waals surface area contributed by atoms with Crippen molar-refractivity contribution in [3.63, 3.8) is 0 Å². The van der Waals surface area contributed by atoms with Crippen LogP contribution in [-0.2, 0) is 4.79 Å². The van der Waals surface area contributed by atoms with Crippen LogP contribution in [0, 0.1) is 0 Å². The van der Waals surface area contributed by atoms with Gasteiger partial charge in [0.15, 0.2) is 0 Å². The zero-order chi connectivity index (χ0) is 9.84. The van der Waals surface area contributed by atoms with Crippen molar-refractivity contribution in [2.75, 3.05) is 0 Å². The summed E-state index contributed by atoms with van der Waals surface area (Å²) < 4.78 is 0. The number of amides is 1. The van der Waals surface area contributed by atoms with Gasteiger partial charge in [-0.1, -0.05) is 23.2 Å². The first-order valence-corrected chi connectivity index (χ1v) is 4.15. The van der Waals surface area contributed by atoms with Crippen LogP contribution in [0.5, 0.6) is 0 Å². The molecule has 68 valence electrons. The Hall–Kier alpha value is -1.06. The molecule has 0 atom stereocenters. The third-order valence-electron chi connectivity index (χ3n) is 1.27. The molecule has 0 bridgehead atoms. The van der Waals surface area contributed by atoms with Gasteiger partial charge in [0, 0.05) is 11.6 Å². The number of nitrogens with zero attached hydrogens (tertiary/aromatic N) is 1. The van der Waals surface area contributed by atoms with Crippen molar-refractivity contribution in [3.8, 4) is 0 Å². The van der Waals surface area contributed by atoms with Crippen LogP contribution in [0.2, 0.25) is 10.3 Å². The summed E-state index contributed by atoms with van der Waals surface area (Å²) in [5.74, 6) is -0.536. The van der Waals surface area contributed by atoms with Gasteiger partial charge in [0.2, 0.25) is 5.91 Å². The number of rotatable bonds is 2. The predicted octanol–water partition coefficient (Wildman–Crippen LogP) is 1.89. The molecule has 0 aliphatic carbocycles. The van der Waals surface area contributed by atoms with Crippen LogP contribution in [0.15, 0.2) is 18.2 Å². The fourth-order valence-corrected chi connectivity index (χ4v) is 1.13. The average Bonchev–Trinajstić information content (AvgIpc) is 2.02. The second kappa shape index (κ2) is 4.25. The predicted molar refractivity (Wildman–Crippen MR) is 52.5 cm³/mol. The molecule has 5 heteroatoms. The summed E-state index contributed by atoms with van der Waals surface area (Å²) in [6, 6.07) is 3.23. The Morgan fingerprint density at radius 1 is 1.46 bits per heavy atom. The number of hydrogen-bond acceptors (Lipinski definition) is 2. The molecule has 1 heterocycles. The van der Waals surface area contributed by atoms with Crippen LogP contribution >= 0.6 is 23.2 Å². The Bertz CT molecular complexity index is 363. The molecule has 0 spiro atoms. The molecule has 0 radical (unpaired) electrons. The number of pyridine rings is 1. The number of carbonyl (C=O) groups excluding carboxylic acids is 1. The number of aromatic nitrogens is 1. The maximum absolute atomic E-state index is 10.4. The van der Waals surface area contributed by atoms with E-state index in [1.807, 2.05) is 0 Å². The minimum absolute atomic E-state index is 0.241. The van der Waals surface area contributed by atoms with Crippen molar-refractivity contribution in [2.24, 2.45) is 5.73 Å². The van der Waals surface area contributed by atoms with Gasteiger partial charge < -0.3 is 5.73 Å². The van der Waals surface area contributed by atoms with Crippen LogP contribution in [0.25, 0.3) is 6.08 Å². The molecule has 1 aromatic heterocycles. The molecule has 0 aliphatic rings. The van der Waals surface area contributed by atoms with E-state index in [-0.39, 0.29) is 5.15 Å². The molecule has 1 amide bonds. The largest absolute Gasteiger partial charge is 0.366 e. The van der Waals surface area contributed by atoms with Crippen molar-refractivity contribution < 1.29 is 4.79 Å². The molecule has 3 nitrogen and oxygen atoms in total. The zero-order valence-corrected chi connectivity index (χ0v) is 8.01. The molecule has 1 rings (SSSR count). The van der Waals surface area contributed by atoms with Gasteiger partial charge in [-0.25, -0.2) is 4.98 Å². The van der Waals surface area contributed by atoms with Gasteiger partial charge in [0.05, 0.1) is 0 Å². The van der Waals surface area contributed by atoms with Gasteiger partial charge >= 0.3 is 0 Å². The monoisotopic (exact) mass is 216 g/mol. The molecule has 0 unspecified atom stereocenters. The summed E-state index contributed by atoms with van der Waals surface area (Å²) in [6.45, 7) is 0. The second-order valence-corrected chi connectivity index (χ2v) is 2.99. The third-order valence-corrected chi connectivity index (χ3v) is 1.78. The standard InChI is InChI=1S/C8H6Cl2N2O/c9-6-3-1-5(8(10)12-6)2-4-7(11)13/h1-4H,(H2,11,13). The Kier molecular flexibility index (Phi) is 3.28. The van der Waals surface area contributed by atoms with Crippen molar-refractivity contribution in [1.29, 1.82) is 0 Å². The van der Waals surface area contributed by atoms with Crippen molar-refractivity contribution >= 4 is 35.2 Å². The van der Waals surface area contributed by atoms with Crippen molar-refractivity contribution in [3.05, 3.63) is 34.1 Å². The molecule has 13 heavy (non-hydrogen) atoms. The van der Waals surface area contributed by atoms with Crippen LogP contribution in [0.4, 0.5) is 0 Å². The summed E-state index contributed by atoms with van der Waals surface area (Å²) in [4.78, 5) is 14.2. The van der Waals surface area contributed by atoms with E-state index in [1.54, 1.807) is 12.1 Å². The highest BCUT2D eigenvalue weighted by Gasteiger charge is 1.98. The van der Waals surface area contributed by atoms with E-state index in [2.05, 4.69) is 4.98 Å². The molecular formula is C8H6Cl2N2O. The average molecular weight is 217 g/mol. The van der Waals surface area contributed by atoms with E-state index in [0.29, 0.717) is 10.7 Å². The SMILES string of the molecule is NC(=O)C=Cc1ccc(Cl)nc1Cl. The highest BCUT2D eigenvalue weighted by atomic mass is 35.5. The van der Waals surface area contributed by atoms with Crippen LogP contribution < -0.4 is 5.73 Å². The minimum atomic E-state index is -0.536. The molecule has 0 saturated heterocycles. The van der Waals surface area contributed by atoms with Crippen LogP contribution in [0.3, 0.4) is 0 Å². The summed E-state index contributed by atoms with van der Waals surface area (Å²) in [6.07, 6.45) is 2.69. The number of primary amides is 1. The van der Waals surface area contributed by atoms with Crippen molar-refractivity contribution in [1.82, 2.24) is 4.98 Å². The lowest BCUT2D eigenvalue weighted by Gasteiger charge is -1.96. The lowest BCUT2D eigenvalue weighted by atomic mass is 10.2. The maximum atomic E-state index is 10.4. The first-order valence-electron chi connectivity index (χ1n) is 3.39. The van der Waals surface area contributed by atoms with Gasteiger partial charge in [0.25, 0.3) is 0 Å². The highest BCUT2D eigenvalue weighted by molar-refractivity contribution is 6.33. The first kappa shape index (κ1) is 10.0. The molecule has 0 saturated carbocycles.